The Bertz CT molecular complexity index is 836. The van der Waals surface area contributed by atoms with Crippen LogP contribution in [0.2, 0.25) is 0 Å². The molecule has 0 fully saturated rings. The lowest BCUT2D eigenvalue weighted by Crippen LogP contribution is -2.18. The Balaban J connectivity index is 2.28. The topological polar surface area (TPSA) is 84.5 Å². The molecule has 2 N–H and O–H groups in total. The van der Waals surface area contributed by atoms with E-state index in [1.165, 1.54) is 13.2 Å². The number of halogens is 1. The summed E-state index contributed by atoms with van der Waals surface area (Å²) in [7, 11) is -2.37. The Labute approximate surface area is 149 Å². The Morgan fingerprint density at radius 2 is 1.75 bits per heavy atom. The van der Waals surface area contributed by atoms with Gasteiger partial charge in [-0.15, -0.1) is 0 Å². The van der Waals surface area contributed by atoms with Gasteiger partial charge in [0, 0.05) is 23.0 Å². The van der Waals surface area contributed by atoms with Crippen molar-refractivity contribution >= 4 is 43.2 Å². The summed E-state index contributed by atoms with van der Waals surface area (Å²) in [6.45, 7) is 1.59. The third kappa shape index (κ3) is 4.80. The van der Waals surface area contributed by atoms with Crippen LogP contribution < -0.4 is 10.0 Å². The molecule has 0 heterocycles. The predicted molar refractivity (Wildman–Crippen MR) is 96.6 cm³/mol. The van der Waals surface area contributed by atoms with Crippen LogP contribution in [-0.2, 0) is 19.6 Å². The first-order valence-corrected chi connectivity index (χ1v) is 9.27. The van der Waals surface area contributed by atoms with Crippen LogP contribution >= 0.6 is 15.9 Å². The van der Waals surface area contributed by atoms with E-state index >= 15 is 0 Å². The minimum atomic E-state index is -3.78. The number of anilines is 2. The molecule has 0 aliphatic heterocycles. The van der Waals surface area contributed by atoms with E-state index in [1.54, 1.807) is 43.3 Å². The number of carbonyl (C=O) groups excluding carboxylic acids is 1. The molecular weight excluding hydrogens is 396 g/mol. The number of aryl methyl sites for hydroxylation is 1. The minimum absolute atomic E-state index is 0.0978. The molecule has 2 rings (SSSR count). The fraction of sp³-hybridized carbons (Fsp3) is 0.188. The molecule has 0 spiro atoms. The third-order valence-corrected chi connectivity index (χ3v) is 5.19. The highest BCUT2D eigenvalue weighted by Gasteiger charge is 2.18. The van der Waals surface area contributed by atoms with E-state index in [9.17, 15) is 13.2 Å². The maximum atomic E-state index is 12.6. The molecule has 0 saturated heterocycles. The molecule has 0 aromatic heterocycles. The van der Waals surface area contributed by atoms with Gasteiger partial charge in [-0.05, 0) is 48.9 Å². The second-order valence-electron chi connectivity index (χ2n) is 5.07. The van der Waals surface area contributed by atoms with Gasteiger partial charge in [0.1, 0.15) is 6.61 Å². The van der Waals surface area contributed by atoms with Crippen molar-refractivity contribution in [1.82, 2.24) is 0 Å². The van der Waals surface area contributed by atoms with Crippen LogP contribution in [0.4, 0.5) is 11.4 Å². The molecule has 0 aliphatic rings. The van der Waals surface area contributed by atoms with E-state index in [0.29, 0.717) is 16.9 Å². The van der Waals surface area contributed by atoms with Crippen molar-refractivity contribution in [3.05, 3.63) is 52.5 Å². The molecule has 0 atom stereocenters. The van der Waals surface area contributed by atoms with Gasteiger partial charge in [0.2, 0.25) is 5.91 Å². The first kappa shape index (κ1) is 18.4. The summed E-state index contributed by atoms with van der Waals surface area (Å²) in [5.74, 6) is -0.356. The number of benzene rings is 2. The van der Waals surface area contributed by atoms with Crippen molar-refractivity contribution in [2.75, 3.05) is 23.8 Å². The molecule has 2 aromatic carbocycles. The summed E-state index contributed by atoms with van der Waals surface area (Å²) in [6, 6.07) is 11.5. The molecule has 0 unspecified atom stereocenters. The number of sulfonamides is 1. The van der Waals surface area contributed by atoms with Crippen LogP contribution in [0.25, 0.3) is 0 Å². The number of rotatable bonds is 6. The third-order valence-electron chi connectivity index (χ3n) is 3.13. The molecule has 128 valence electrons. The van der Waals surface area contributed by atoms with Gasteiger partial charge in [0.05, 0.1) is 4.90 Å². The SMILES string of the molecule is COCC(=O)Nc1ccc(C)c(S(=O)(=O)Nc2ccc(Br)cc2)c1. The minimum Gasteiger partial charge on any atom is -0.375 e. The van der Waals surface area contributed by atoms with Gasteiger partial charge >= 0.3 is 0 Å². The molecule has 0 bridgehead atoms. The quantitative estimate of drug-likeness (QED) is 0.762. The van der Waals surface area contributed by atoms with E-state index in [0.717, 1.165) is 4.47 Å². The van der Waals surface area contributed by atoms with Crippen LogP contribution in [0.15, 0.2) is 51.8 Å². The molecule has 0 radical (unpaired) electrons. The zero-order valence-electron chi connectivity index (χ0n) is 13.2. The second kappa shape index (κ2) is 7.78. The van der Waals surface area contributed by atoms with Gasteiger partial charge in [-0.3, -0.25) is 9.52 Å². The Kier molecular flexibility index (Phi) is 5.98. The first-order valence-electron chi connectivity index (χ1n) is 6.99. The number of hydrogen-bond acceptors (Lipinski definition) is 4. The van der Waals surface area contributed by atoms with E-state index in [1.807, 2.05) is 0 Å². The molecule has 2 aromatic rings. The van der Waals surface area contributed by atoms with E-state index < -0.39 is 10.0 Å². The monoisotopic (exact) mass is 412 g/mol. The molecule has 0 aliphatic carbocycles. The second-order valence-corrected chi connectivity index (χ2v) is 7.64. The number of carbonyl (C=O) groups is 1. The maximum Gasteiger partial charge on any atom is 0.262 e. The van der Waals surface area contributed by atoms with Gasteiger partial charge in [-0.2, -0.15) is 0 Å². The largest absolute Gasteiger partial charge is 0.375 e. The summed E-state index contributed by atoms with van der Waals surface area (Å²) in [4.78, 5) is 11.7. The maximum absolute atomic E-state index is 12.6. The molecule has 8 heteroatoms. The van der Waals surface area contributed by atoms with Crippen molar-refractivity contribution in [2.24, 2.45) is 0 Å². The molecule has 6 nitrogen and oxygen atoms in total. The van der Waals surface area contributed by atoms with E-state index in [4.69, 9.17) is 4.74 Å². The smallest absolute Gasteiger partial charge is 0.262 e. The Hall–Kier alpha value is -1.90. The Morgan fingerprint density at radius 3 is 2.38 bits per heavy atom. The normalized spacial score (nSPS) is 11.1. The van der Waals surface area contributed by atoms with Crippen molar-refractivity contribution in [3.8, 4) is 0 Å². The number of ether oxygens (including phenoxy) is 1. The molecular formula is C16H17BrN2O4S. The highest BCUT2D eigenvalue weighted by Crippen LogP contribution is 2.23. The first-order chi connectivity index (χ1) is 11.3. The van der Waals surface area contributed by atoms with E-state index in [-0.39, 0.29) is 17.4 Å². The van der Waals surface area contributed by atoms with E-state index in [2.05, 4.69) is 26.0 Å². The lowest BCUT2D eigenvalue weighted by atomic mass is 10.2. The molecule has 0 saturated carbocycles. The van der Waals surface area contributed by atoms with Crippen molar-refractivity contribution < 1.29 is 17.9 Å². The van der Waals surface area contributed by atoms with Gasteiger partial charge in [-0.25, -0.2) is 8.42 Å². The number of hydrogen-bond donors (Lipinski definition) is 2. The van der Waals surface area contributed by atoms with Crippen molar-refractivity contribution in [2.45, 2.75) is 11.8 Å². The van der Waals surface area contributed by atoms with Crippen molar-refractivity contribution in [1.29, 1.82) is 0 Å². The summed E-state index contributed by atoms with van der Waals surface area (Å²) in [6.07, 6.45) is 0. The fourth-order valence-electron chi connectivity index (χ4n) is 2.02. The Morgan fingerprint density at radius 1 is 1.12 bits per heavy atom. The zero-order valence-corrected chi connectivity index (χ0v) is 15.6. The lowest BCUT2D eigenvalue weighted by Gasteiger charge is -2.12. The standard InChI is InChI=1S/C16H17BrN2O4S/c1-11-3-6-14(18-16(20)10-23-2)9-15(11)24(21,22)19-13-7-4-12(17)5-8-13/h3-9,19H,10H2,1-2H3,(H,18,20). The fourth-order valence-corrected chi connectivity index (χ4v) is 3.62. The van der Waals surface area contributed by atoms with Crippen LogP contribution in [-0.4, -0.2) is 28.0 Å². The summed E-state index contributed by atoms with van der Waals surface area (Å²) < 4.78 is 33.3. The van der Waals surface area contributed by atoms with Gasteiger partial charge in [0.25, 0.3) is 10.0 Å². The predicted octanol–water partition coefficient (Wildman–Crippen LogP) is 3.14. The highest BCUT2D eigenvalue weighted by molar-refractivity contribution is 9.10. The van der Waals surface area contributed by atoms with Crippen LogP contribution in [0.1, 0.15) is 5.56 Å². The summed E-state index contributed by atoms with van der Waals surface area (Å²) >= 11 is 3.30. The van der Waals surface area contributed by atoms with Crippen molar-refractivity contribution in [3.63, 3.8) is 0 Å². The van der Waals surface area contributed by atoms with Crippen LogP contribution in [0.5, 0.6) is 0 Å². The average molecular weight is 413 g/mol. The van der Waals surface area contributed by atoms with Crippen LogP contribution in [0.3, 0.4) is 0 Å². The van der Waals surface area contributed by atoms with Gasteiger partial charge in [0.15, 0.2) is 0 Å². The summed E-state index contributed by atoms with van der Waals surface area (Å²) in [5.41, 5.74) is 1.41. The highest BCUT2D eigenvalue weighted by atomic mass is 79.9. The molecule has 1 amide bonds. The number of nitrogens with one attached hydrogen (secondary N) is 2. The van der Waals surface area contributed by atoms with Gasteiger partial charge in [-0.1, -0.05) is 22.0 Å². The average Bonchev–Trinajstić information content (AvgIpc) is 2.51. The number of amides is 1. The summed E-state index contributed by atoms with van der Waals surface area (Å²) in [5, 5.41) is 2.59. The lowest BCUT2D eigenvalue weighted by molar-refractivity contribution is -0.119. The number of methoxy groups -OCH3 is 1. The van der Waals surface area contributed by atoms with Crippen LogP contribution in [0, 0.1) is 6.92 Å². The van der Waals surface area contributed by atoms with Gasteiger partial charge < -0.3 is 10.1 Å². The zero-order chi connectivity index (χ0) is 17.7. The molecule has 24 heavy (non-hydrogen) atoms.